The van der Waals surface area contributed by atoms with Crippen molar-refractivity contribution in [2.24, 2.45) is 0 Å². The van der Waals surface area contributed by atoms with Crippen LogP contribution in [0.15, 0.2) is 18.2 Å². The van der Waals surface area contributed by atoms with Crippen molar-refractivity contribution < 1.29 is 18.3 Å². The minimum atomic E-state index is -2.92. The number of hydrogen-bond acceptors (Lipinski definition) is 3. The first-order chi connectivity index (χ1) is 10.5. The summed E-state index contributed by atoms with van der Waals surface area (Å²) in [5.41, 5.74) is 0.574. The van der Waals surface area contributed by atoms with Gasteiger partial charge in [0, 0.05) is 11.7 Å². The van der Waals surface area contributed by atoms with E-state index in [0.717, 1.165) is 25.7 Å². The van der Waals surface area contributed by atoms with Crippen molar-refractivity contribution in [2.45, 2.75) is 44.8 Å². The fourth-order valence-corrected chi connectivity index (χ4v) is 2.74. The molecule has 0 atom stereocenters. The van der Waals surface area contributed by atoms with Crippen molar-refractivity contribution in [2.75, 3.05) is 11.9 Å². The lowest BCUT2D eigenvalue weighted by Crippen LogP contribution is -2.39. The monoisotopic (exact) mass is 332 g/mol. The van der Waals surface area contributed by atoms with Crippen LogP contribution in [0.5, 0.6) is 5.75 Å². The van der Waals surface area contributed by atoms with Gasteiger partial charge in [-0.1, -0.05) is 30.9 Å². The Balaban J connectivity index is 1.80. The first-order valence-electron chi connectivity index (χ1n) is 7.32. The topological polar surface area (TPSA) is 50.4 Å². The van der Waals surface area contributed by atoms with E-state index in [9.17, 15) is 13.6 Å². The summed E-state index contributed by atoms with van der Waals surface area (Å²) in [5, 5.41) is 5.97. The molecule has 1 aromatic carbocycles. The molecule has 0 radical (unpaired) electrons. The van der Waals surface area contributed by atoms with Crippen LogP contribution in [-0.2, 0) is 4.79 Å². The van der Waals surface area contributed by atoms with E-state index in [1.165, 1.54) is 24.6 Å². The molecule has 0 unspecified atom stereocenters. The summed E-state index contributed by atoms with van der Waals surface area (Å²) in [5.74, 6) is -0.176. The number of halogens is 3. The molecule has 0 spiro atoms. The summed E-state index contributed by atoms with van der Waals surface area (Å²) in [4.78, 5) is 11.9. The molecule has 22 heavy (non-hydrogen) atoms. The Morgan fingerprint density at radius 2 is 2.05 bits per heavy atom. The van der Waals surface area contributed by atoms with Crippen molar-refractivity contribution >= 4 is 23.2 Å². The highest BCUT2D eigenvalue weighted by Crippen LogP contribution is 2.28. The number of amides is 1. The van der Waals surface area contributed by atoms with Gasteiger partial charge in [0.2, 0.25) is 5.91 Å². The minimum Gasteiger partial charge on any atom is -0.433 e. The van der Waals surface area contributed by atoms with E-state index in [2.05, 4.69) is 15.4 Å². The van der Waals surface area contributed by atoms with Crippen LogP contribution in [0.4, 0.5) is 14.5 Å². The Hall–Kier alpha value is -1.56. The second-order valence-electron chi connectivity index (χ2n) is 5.28. The lowest BCUT2D eigenvalue weighted by atomic mass is 9.95. The Morgan fingerprint density at radius 3 is 2.68 bits per heavy atom. The Bertz CT molecular complexity index is 508. The van der Waals surface area contributed by atoms with Gasteiger partial charge in [0.05, 0.1) is 11.6 Å². The van der Waals surface area contributed by atoms with E-state index in [0.29, 0.717) is 5.69 Å². The molecule has 122 valence electrons. The number of anilines is 1. The largest absolute Gasteiger partial charge is 0.433 e. The number of alkyl halides is 2. The normalized spacial score (nSPS) is 15.6. The van der Waals surface area contributed by atoms with Gasteiger partial charge in [-0.3, -0.25) is 4.79 Å². The van der Waals surface area contributed by atoms with Gasteiger partial charge in [-0.15, -0.1) is 0 Å². The maximum absolute atomic E-state index is 12.1. The van der Waals surface area contributed by atoms with Crippen LogP contribution in [-0.4, -0.2) is 25.1 Å². The molecule has 2 rings (SSSR count). The highest BCUT2D eigenvalue weighted by Gasteiger charge is 2.15. The summed E-state index contributed by atoms with van der Waals surface area (Å²) in [7, 11) is 0. The molecule has 0 bridgehead atoms. The second-order valence-corrected chi connectivity index (χ2v) is 5.69. The van der Waals surface area contributed by atoms with E-state index >= 15 is 0 Å². The average molecular weight is 333 g/mol. The zero-order chi connectivity index (χ0) is 15.9. The number of benzene rings is 1. The highest BCUT2D eigenvalue weighted by molar-refractivity contribution is 6.32. The van der Waals surface area contributed by atoms with Gasteiger partial charge in [-0.2, -0.15) is 8.78 Å². The van der Waals surface area contributed by atoms with Crippen LogP contribution in [0, 0.1) is 0 Å². The first-order valence-corrected chi connectivity index (χ1v) is 7.70. The summed E-state index contributed by atoms with van der Waals surface area (Å²) in [6, 6.07) is 4.59. The van der Waals surface area contributed by atoms with Crippen molar-refractivity contribution in [1.29, 1.82) is 0 Å². The second kappa shape index (κ2) is 8.17. The van der Waals surface area contributed by atoms with Crippen LogP contribution < -0.4 is 15.4 Å². The molecule has 7 heteroatoms. The molecule has 1 aliphatic rings. The number of carbonyl (C=O) groups excluding carboxylic acids is 1. The minimum absolute atomic E-state index is 0.0676. The third kappa shape index (κ3) is 5.33. The molecule has 1 aliphatic carbocycles. The molecule has 0 saturated heterocycles. The molecule has 1 amide bonds. The SMILES string of the molecule is O=C(CNc1ccc(OC(F)F)c(Cl)c1)NC1CCCCC1. The molecule has 2 N–H and O–H groups in total. The quantitative estimate of drug-likeness (QED) is 0.833. The van der Waals surface area contributed by atoms with Gasteiger partial charge in [0.1, 0.15) is 5.75 Å². The van der Waals surface area contributed by atoms with E-state index in [1.807, 2.05) is 0 Å². The van der Waals surface area contributed by atoms with Gasteiger partial charge in [0.25, 0.3) is 0 Å². The maximum atomic E-state index is 12.1. The molecular formula is C15H19ClF2N2O2. The van der Waals surface area contributed by atoms with Gasteiger partial charge in [-0.25, -0.2) is 0 Å². The van der Waals surface area contributed by atoms with Crippen molar-refractivity contribution in [3.8, 4) is 5.75 Å². The predicted octanol–water partition coefficient (Wildman–Crippen LogP) is 3.80. The van der Waals surface area contributed by atoms with E-state index in [4.69, 9.17) is 11.6 Å². The lowest BCUT2D eigenvalue weighted by molar-refractivity contribution is -0.120. The number of carbonyl (C=O) groups is 1. The van der Waals surface area contributed by atoms with Crippen LogP contribution in [0.25, 0.3) is 0 Å². The molecular weight excluding hydrogens is 314 g/mol. The molecule has 1 saturated carbocycles. The van der Waals surface area contributed by atoms with Crippen molar-refractivity contribution in [3.05, 3.63) is 23.2 Å². The standard InChI is InChI=1S/C15H19ClF2N2O2/c16-12-8-11(6-7-13(12)22-15(17)18)19-9-14(21)20-10-4-2-1-3-5-10/h6-8,10,15,19H,1-5,9H2,(H,20,21). The summed E-state index contributed by atoms with van der Waals surface area (Å²) in [6.07, 6.45) is 5.59. The van der Waals surface area contributed by atoms with E-state index in [1.54, 1.807) is 0 Å². The first kappa shape index (κ1) is 16.8. The van der Waals surface area contributed by atoms with Gasteiger partial charge >= 0.3 is 6.61 Å². The summed E-state index contributed by atoms with van der Waals surface area (Å²) >= 11 is 5.85. The fraction of sp³-hybridized carbons (Fsp3) is 0.533. The highest BCUT2D eigenvalue weighted by atomic mass is 35.5. The summed E-state index contributed by atoms with van der Waals surface area (Å²) < 4.78 is 28.5. The molecule has 4 nitrogen and oxygen atoms in total. The van der Waals surface area contributed by atoms with Gasteiger partial charge < -0.3 is 15.4 Å². The zero-order valence-corrected chi connectivity index (χ0v) is 12.8. The third-order valence-electron chi connectivity index (χ3n) is 3.57. The molecule has 1 fully saturated rings. The fourth-order valence-electron chi connectivity index (χ4n) is 2.51. The maximum Gasteiger partial charge on any atom is 0.387 e. The smallest absolute Gasteiger partial charge is 0.387 e. The van der Waals surface area contributed by atoms with Crippen molar-refractivity contribution in [1.82, 2.24) is 5.32 Å². The zero-order valence-electron chi connectivity index (χ0n) is 12.1. The number of hydrogen-bond donors (Lipinski definition) is 2. The van der Waals surface area contributed by atoms with Gasteiger partial charge in [0.15, 0.2) is 0 Å². The van der Waals surface area contributed by atoms with Crippen molar-refractivity contribution in [3.63, 3.8) is 0 Å². The number of nitrogens with one attached hydrogen (secondary N) is 2. The molecule has 1 aromatic rings. The van der Waals surface area contributed by atoms with Gasteiger partial charge in [-0.05, 0) is 31.0 Å². The number of rotatable bonds is 6. The molecule has 0 heterocycles. The average Bonchev–Trinajstić information content (AvgIpc) is 2.48. The van der Waals surface area contributed by atoms with E-state index in [-0.39, 0.29) is 29.3 Å². The van der Waals surface area contributed by atoms with Crippen LogP contribution in [0.3, 0.4) is 0 Å². The van der Waals surface area contributed by atoms with Crippen LogP contribution >= 0.6 is 11.6 Å². The molecule has 0 aromatic heterocycles. The summed E-state index contributed by atoms with van der Waals surface area (Å²) in [6.45, 7) is -2.81. The third-order valence-corrected chi connectivity index (χ3v) is 3.87. The van der Waals surface area contributed by atoms with Crippen LogP contribution in [0.2, 0.25) is 5.02 Å². The van der Waals surface area contributed by atoms with E-state index < -0.39 is 6.61 Å². The Labute approximate surface area is 133 Å². The Morgan fingerprint density at radius 1 is 1.32 bits per heavy atom. The Kier molecular flexibility index (Phi) is 6.24. The van der Waals surface area contributed by atoms with Crippen LogP contribution in [0.1, 0.15) is 32.1 Å². The molecule has 0 aliphatic heterocycles. The number of ether oxygens (including phenoxy) is 1. The lowest BCUT2D eigenvalue weighted by Gasteiger charge is -2.22. The predicted molar refractivity (Wildman–Crippen MR) is 81.6 cm³/mol.